The normalized spacial score (nSPS) is 20.0. The summed E-state index contributed by atoms with van der Waals surface area (Å²) < 4.78 is 0. The van der Waals surface area contributed by atoms with E-state index in [1.54, 1.807) is 30.3 Å². The van der Waals surface area contributed by atoms with Crippen molar-refractivity contribution in [2.24, 2.45) is 10.6 Å². The molecule has 1 aliphatic carbocycles. The number of carboxylic acid groups (broad SMARTS) is 1. The lowest BCUT2D eigenvalue weighted by Crippen LogP contribution is -2.10. The second kappa shape index (κ2) is 13.3. The number of nitrogens with zero attached hydrogens (tertiary/aromatic N) is 1. The molecular weight excluding hydrogens is 434 g/mol. The molecule has 0 bridgehead atoms. The summed E-state index contributed by atoms with van der Waals surface area (Å²) >= 11 is 0. The fourth-order valence-corrected chi connectivity index (χ4v) is 3.63. The zero-order chi connectivity index (χ0) is 25.8. The van der Waals surface area contributed by atoms with E-state index in [4.69, 9.17) is 5.11 Å². The van der Waals surface area contributed by atoms with E-state index in [1.165, 1.54) is 16.7 Å². The maximum absolute atomic E-state index is 11.0. The highest BCUT2D eigenvalue weighted by Gasteiger charge is 2.17. The highest BCUT2D eigenvalue weighted by Crippen LogP contribution is 2.31. The van der Waals surface area contributed by atoms with E-state index in [0.717, 1.165) is 30.4 Å². The molecular formula is C31H37NO3. The lowest BCUT2D eigenvalue weighted by atomic mass is 9.82. The van der Waals surface area contributed by atoms with Crippen LogP contribution in [-0.2, 0) is 0 Å². The molecule has 0 heterocycles. The minimum absolute atomic E-state index is 0.0588. The summed E-state index contributed by atoms with van der Waals surface area (Å²) in [6, 6.07) is 15.2. The number of rotatable bonds is 5. The number of aromatic carboxylic acids is 1. The third-order valence-corrected chi connectivity index (χ3v) is 5.83. The smallest absolute Gasteiger partial charge is 0.335 e. The standard InChI is InChI=1S/C29H31NO3.C2H6/c1-21-7-12-24(13-8-21)23-5-4-6-25(18-20-29(2,3)19-17-23)27(30-33)16-11-22-9-14-26(15-10-22)28(31)32;1-2/h4,6-18,33H,5,19-20H2,1-3H3,(H,31,32);1-2H3/b6-4-,16-11+,23-17+,25-18+,30-27+;. The summed E-state index contributed by atoms with van der Waals surface area (Å²) in [7, 11) is 0. The molecule has 0 fully saturated rings. The Balaban J connectivity index is 0.00000210. The van der Waals surface area contributed by atoms with Crippen molar-refractivity contribution in [2.45, 2.75) is 53.9 Å². The van der Waals surface area contributed by atoms with Gasteiger partial charge in [0.05, 0.1) is 5.56 Å². The summed E-state index contributed by atoms with van der Waals surface area (Å²) in [6.07, 6.45) is 14.7. The van der Waals surface area contributed by atoms with Crippen LogP contribution in [0.4, 0.5) is 0 Å². The summed E-state index contributed by atoms with van der Waals surface area (Å²) in [4.78, 5) is 11.0. The van der Waals surface area contributed by atoms with E-state index in [0.29, 0.717) is 5.71 Å². The third kappa shape index (κ3) is 8.56. The number of hydrogen-bond donors (Lipinski definition) is 2. The van der Waals surface area contributed by atoms with Crippen LogP contribution < -0.4 is 0 Å². The van der Waals surface area contributed by atoms with Crippen LogP contribution in [0.2, 0.25) is 0 Å². The third-order valence-electron chi connectivity index (χ3n) is 5.83. The summed E-state index contributed by atoms with van der Waals surface area (Å²) in [5, 5.41) is 22.3. The number of carboxylic acids is 1. The van der Waals surface area contributed by atoms with Gasteiger partial charge in [0.25, 0.3) is 0 Å². The highest BCUT2D eigenvalue weighted by atomic mass is 16.4. The van der Waals surface area contributed by atoms with Crippen LogP contribution in [0.1, 0.15) is 74.0 Å². The predicted molar refractivity (Wildman–Crippen MR) is 147 cm³/mol. The topological polar surface area (TPSA) is 69.9 Å². The van der Waals surface area contributed by atoms with Crippen molar-refractivity contribution < 1.29 is 15.1 Å². The molecule has 1 aliphatic rings. The maximum Gasteiger partial charge on any atom is 0.335 e. The molecule has 3 rings (SSSR count). The molecule has 184 valence electrons. The van der Waals surface area contributed by atoms with E-state index in [-0.39, 0.29) is 11.0 Å². The minimum Gasteiger partial charge on any atom is -0.478 e. The number of benzene rings is 2. The molecule has 0 unspecified atom stereocenters. The Labute approximate surface area is 209 Å². The Morgan fingerprint density at radius 2 is 1.60 bits per heavy atom. The van der Waals surface area contributed by atoms with Crippen LogP contribution >= 0.6 is 0 Å². The SMILES string of the molecule is CC.Cc1ccc(/C2=C/CC(C)(C)C/C=C(C(/C=C/c3ccc(C(=O)O)cc3)=N/O)\C=C/C2)cc1. The number of carbonyl (C=O) groups is 1. The number of oxime groups is 1. The van der Waals surface area contributed by atoms with E-state index >= 15 is 0 Å². The van der Waals surface area contributed by atoms with Gasteiger partial charge in [-0.1, -0.05) is 105 Å². The van der Waals surface area contributed by atoms with Crippen molar-refractivity contribution in [3.05, 3.63) is 107 Å². The van der Waals surface area contributed by atoms with Crippen molar-refractivity contribution in [1.29, 1.82) is 0 Å². The fourth-order valence-electron chi connectivity index (χ4n) is 3.63. The first-order valence-corrected chi connectivity index (χ1v) is 12.1. The van der Waals surface area contributed by atoms with Gasteiger partial charge in [-0.2, -0.15) is 0 Å². The van der Waals surface area contributed by atoms with Crippen LogP contribution in [-0.4, -0.2) is 22.0 Å². The van der Waals surface area contributed by atoms with Gasteiger partial charge in [0.1, 0.15) is 5.71 Å². The Kier molecular flexibility index (Phi) is 10.5. The lowest BCUT2D eigenvalue weighted by molar-refractivity contribution is 0.0697. The molecule has 4 heteroatoms. The first-order valence-electron chi connectivity index (χ1n) is 12.1. The molecule has 0 spiro atoms. The largest absolute Gasteiger partial charge is 0.478 e. The Bertz CT molecular complexity index is 1130. The van der Waals surface area contributed by atoms with Crippen LogP contribution in [0.15, 0.2) is 89.6 Å². The van der Waals surface area contributed by atoms with E-state index in [2.05, 4.69) is 68.4 Å². The molecule has 35 heavy (non-hydrogen) atoms. The van der Waals surface area contributed by atoms with E-state index in [9.17, 15) is 10.0 Å². The summed E-state index contributed by atoms with van der Waals surface area (Å²) in [6.45, 7) is 10.6. The molecule has 2 N–H and O–H groups in total. The first kappa shape index (κ1) is 27.6. The fraction of sp³-hybridized carbons (Fsp3) is 0.290. The average molecular weight is 472 g/mol. The summed E-state index contributed by atoms with van der Waals surface area (Å²) in [5.74, 6) is -0.957. The van der Waals surface area contributed by atoms with Crippen LogP contribution in [0, 0.1) is 12.3 Å². The van der Waals surface area contributed by atoms with E-state index < -0.39 is 5.97 Å². The zero-order valence-corrected chi connectivity index (χ0v) is 21.5. The minimum atomic E-state index is -0.957. The van der Waals surface area contributed by atoms with Crippen LogP contribution in [0.3, 0.4) is 0 Å². The monoisotopic (exact) mass is 471 g/mol. The molecule has 0 aromatic heterocycles. The molecule has 0 aliphatic heterocycles. The van der Waals surface area contributed by atoms with Crippen LogP contribution in [0.25, 0.3) is 11.6 Å². The van der Waals surface area contributed by atoms with Gasteiger partial charge in [0, 0.05) is 0 Å². The molecule has 2 aromatic carbocycles. The predicted octanol–water partition coefficient (Wildman–Crippen LogP) is 8.34. The Hall–Kier alpha value is -3.66. The van der Waals surface area contributed by atoms with Gasteiger partial charge in [0.2, 0.25) is 0 Å². The Morgan fingerprint density at radius 1 is 0.971 bits per heavy atom. The van der Waals surface area contributed by atoms with Gasteiger partial charge in [-0.15, -0.1) is 0 Å². The van der Waals surface area contributed by atoms with Gasteiger partial charge >= 0.3 is 5.97 Å². The van der Waals surface area contributed by atoms with Crippen molar-refractivity contribution in [1.82, 2.24) is 0 Å². The first-order chi connectivity index (χ1) is 16.8. The van der Waals surface area contributed by atoms with Gasteiger partial charge in [-0.3, -0.25) is 0 Å². The van der Waals surface area contributed by atoms with Gasteiger partial charge in [0.15, 0.2) is 0 Å². The van der Waals surface area contributed by atoms with Crippen molar-refractivity contribution in [3.8, 4) is 0 Å². The number of aryl methyl sites for hydroxylation is 1. The average Bonchev–Trinajstić information content (AvgIpc) is 2.86. The lowest BCUT2D eigenvalue weighted by Gasteiger charge is -2.23. The zero-order valence-electron chi connectivity index (χ0n) is 21.5. The molecule has 0 radical (unpaired) electrons. The number of allylic oxidation sites excluding steroid dienone is 7. The van der Waals surface area contributed by atoms with Gasteiger partial charge in [-0.05, 0) is 72.1 Å². The summed E-state index contributed by atoms with van der Waals surface area (Å²) in [5.41, 5.74) is 6.21. The number of hydrogen-bond acceptors (Lipinski definition) is 3. The molecule has 0 saturated heterocycles. The van der Waals surface area contributed by atoms with Crippen LogP contribution in [0.5, 0.6) is 0 Å². The molecule has 4 nitrogen and oxygen atoms in total. The highest BCUT2D eigenvalue weighted by molar-refractivity contribution is 6.12. The van der Waals surface area contributed by atoms with E-state index in [1.807, 2.05) is 26.0 Å². The van der Waals surface area contributed by atoms with Gasteiger partial charge in [-0.25, -0.2) is 4.79 Å². The van der Waals surface area contributed by atoms with Crippen molar-refractivity contribution >= 4 is 23.3 Å². The quantitative estimate of drug-likeness (QED) is 0.261. The second-order valence-electron chi connectivity index (χ2n) is 9.18. The molecule has 0 saturated carbocycles. The maximum atomic E-state index is 11.0. The molecule has 0 amide bonds. The van der Waals surface area contributed by atoms with Gasteiger partial charge < -0.3 is 10.3 Å². The van der Waals surface area contributed by atoms with Crippen molar-refractivity contribution in [3.63, 3.8) is 0 Å². The van der Waals surface area contributed by atoms with Crippen molar-refractivity contribution in [2.75, 3.05) is 0 Å². The molecule has 0 atom stereocenters. The Morgan fingerprint density at radius 3 is 2.20 bits per heavy atom. The second-order valence-corrected chi connectivity index (χ2v) is 9.18. The molecule has 2 aromatic rings.